The molecule has 0 amide bonds. The Hall–Kier alpha value is -0.940. The number of hydrogen-bond acceptors (Lipinski definition) is 4. The van der Waals surface area contributed by atoms with E-state index in [2.05, 4.69) is 0 Å². The van der Waals surface area contributed by atoms with Gasteiger partial charge in [0.1, 0.15) is 6.29 Å². The molecular weight excluding hydrogens is 218 g/mol. The second-order valence-corrected chi connectivity index (χ2v) is 3.24. The van der Waals surface area contributed by atoms with Crippen molar-refractivity contribution in [2.24, 2.45) is 5.73 Å². The lowest BCUT2D eigenvalue weighted by Gasteiger charge is -2.26. The lowest BCUT2D eigenvalue weighted by atomic mass is 9.98. The minimum atomic E-state index is -1.78. The van der Waals surface area contributed by atoms with Gasteiger partial charge in [0.05, 0.1) is 6.10 Å². The van der Waals surface area contributed by atoms with E-state index >= 15 is 0 Å². The SMILES string of the molecule is C[C@H](O)[C@@](N)(O)c1ccc(C=O)cc1.Cl. The van der Waals surface area contributed by atoms with Gasteiger partial charge >= 0.3 is 0 Å². The van der Waals surface area contributed by atoms with Crippen LogP contribution in [0.4, 0.5) is 0 Å². The number of aliphatic hydroxyl groups excluding tert-OH is 1. The molecule has 84 valence electrons. The molecule has 2 atom stereocenters. The fraction of sp³-hybridized carbons (Fsp3) is 0.300. The summed E-state index contributed by atoms with van der Waals surface area (Å²) in [5.41, 5.74) is 4.58. The van der Waals surface area contributed by atoms with E-state index in [1.807, 2.05) is 0 Å². The van der Waals surface area contributed by atoms with Crippen molar-refractivity contribution >= 4 is 18.7 Å². The van der Waals surface area contributed by atoms with Crippen LogP contribution in [0.5, 0.6) is 0 Å². The average Bonchev–Trinajstić information content (AvgIpc) is 2.17. The maximum Gasteiger partial charge on any atom is 0.165 e. The third-order valence-electron chi connectivity index (χ3n) is 2.15. The number of carbonyl (C=O) groups is 1. The van der Waals surface area contributed by atoms with Crippen LogP contribution in [0, 0.1) is 0 Å². The molecule has 0 saturated heterocycles. The van der Waals surface area contributed by atoms with E-state index in [-0.39, 0.29) is 12.4 Å². The predicted molar refractivity (Wildman–Crippen MR) is 58.8 cm³/mol. The highest BCUT2D eigenvalue weighted by Crippen LogP contribution is 2.19. The summed E-state index contributed by atoms with van der Waals surface area (Å²) in [6.07, 6.45) is -0.383. The Morgan fingerprint density at radius 1 is 1.40 bits per heavy atom. The van der Waals surface area contributed by atoms with E-state index in [0.717, 1.165) is 0 Å². The molecule has 15 heavy (non-hydrogen) atoms. The van der Waals surface area contributed by atoms with Crippen molar-refractivity contribution in [3.8, 4) is 0 Å². The van der Waals surface area contributed by atoms with Crippen molar-refractivity contribution in [2.75, 3.05) is 0 Å². The highest BCUT2D eigenvalue weighted by atomic mass is 35.5. The Balaban J connectivity index is 0.00000196. The molecule has 0 spiro atoms. The Morgan fingerprint density at radius 2 is 1.87 bits per heavy atom. The normalized spacial score (nSPS) is 16.0. The van der Waals surface area contributed by atoms with Crippen LogP contribution in [0.2, 0.25) is 0 Å². The van der Waals surface area contributed by atoms with Gasteiger partial charge in [0.2, 0.25) is 0 Å². The van der Waals surface area contributed by atoms with Gasteiger partial charge < -0.3 is 10.2 Å². The lowest BCUT2D eigenvalue weighted by Crippen LogP contribution is -2.46. The molecule has 0 heterocycles. The second kappa shape index (κ2) is 5.23. The van der Waals surface area contributed by atoms with Crippen molar-refractivity contribution in [1.29, 1.82) is 0 Å². The molecule has 1 aromatic rings. The first kappa shape index (κ1) is 14.1. The molecule has 0 aliphatic carbocycles. The van der Waals surface area contributed by atoms with E-state index in [1.165, 1.54) is 31.2 Å². The number of hydrogen-bond donors (Lipinski definition) is 3. The van der Waals surface area contributed by atoms with E-state index in [9.17, 15) is 15.0 Å². The first-order valence-electron chi connectivity index (χ1n) is 4.23. The average molecular weight is 232 g/mol. The van der Waals surface area contributed by atoms with Crippen LogP contribution in [0.3, 0.4) is 0 Å². The van der Waals surface area contributed by atoms with Crippen LogP contribution in [-0.2, 0) is 5.72 Å². The summed E-state index contributed by atoms with van der Waals surface area (Å²) in [7, 11) is 0. The summed E-state index contributed by atoms with van der Waals surface area (Å²) in [6, 6.07) is 6.08. The Morgan fingerprint density at radius 3 is 2.20 bits per heavy atom. The zero-order valence-electron chi connectivity index (χ0n) is 8.25. The van der Waals surface area contributed by atoms with Gasteiger partial charge in [-0.05, 0) is 6.92 Å². The van der Waals surface area contributed by atoms with Crippen LogP contribution in [0.15, 0.2) is 24.3 Å². The Labute approximate surface area is 94.1 Å². The summed E-state index contributed by atoms with van der Waals surface area (Å²) in [6.45, 7) is 1.40. The molecule has 4 nitrogen and oxygen atoms in total. The molecular formula is C10H14ClNO3. The molecule has 0 fully saturated rings. The summed E-state index contributed by atoms with van der Waals surface area (Å²) >= 11 is 0. The summed E-state index contributed by atoms with van der Waals surface area (Å²) in [5.74, 6) is 0. The monoisotopic (exact) mass is 231 g/mol. The standard InChI is InChI=1S/C10H13NO3.ClH/c1-7(13)10(11,14)9-4-2-8(6-12)3-5-9;/h2-7,13-14H,11H2,1H3;1H/t7-,10+;/m0./s1. The third kappa shape index (κ3) is 3.00. The van der Waals surface area contributed by atoms with Crippen molar-refractivity contribution in [3.63, 3.8) is 0 Å². The van der Waals surface area contributed by atoms with Crippen LogP contribution < -0.4 is 5.73 Å². The quantitative estimate of drug-likeness (QED) is 0.520. The maximum atomic E-state index is 10.4. The lowest BCUT2D eigenvalue weighted by molar-refractivity contribution is -0.0669. The van der Waals surface area contributed by atoms with Gasteiger partial charge in [-0.15, -0.1) is 12.4 Å². The zero-order valence-corrected chi connectivity index (χ0v) is 9.07. The highest BCUT2D eigenvalue weighted by Gasteiger charge is 2.29. The Bertz CT molecular complexity index is 322. The van der Waals surface area contributed by atoms with Crippen LogP contribution in [0.1, 0.15) is 22.8 Å². The molecule has 5 heteroatoms. The molecule has 0 bridgehead atoms. The second-order valence-electron chi connectivity index (χ2n) is 3.24. The number of benzene rings is 1. The molecule has 0 radical (unpaired) electrons. The van der Waals surface area contributed by atoms with E-state index in [0.29, 0.717) is 17.4 Å². The first-order chi connectivity index (χ1) is 6.48. The molecule has 0 aliphatic heterocycles. The summed E-state index contributed by atoms with van der Waals surface area (Å²) in [5, 5.41) is 18.9. The molecule has 0 saturated carbocycles. The largest absolute Gasteiger partial charge is 0.389 e. The van der Waals surface area contributed by atoms with Crippen LogP contribution >= 0.6 is 12.4 Å². The van der Waals surface area contributed by atoms with Gasteiger partial charge in [-0.3, -0.25) is 10.5 Å². The van der Waals surface area contributed by atoms with Crippen molar-refractivity contribution in [3.05, 3.63) is 35.4 Å². The van der Waals surface area contributed by atoms with Crippen LogP contribution in [-0.4, -0.2) is 22.6 Å². The van der Waals surface area contributed by atoms with Gasteiger partial charge in [-0.1, -0.05) is 24.3 Å². The van der Waals surface area contributed by atoms with E-state index in [1.54, 1.807) is 0 Å². The van der Waals surface area contributed by atoms with Crippen LogP contribution in [0.25, 0.3) is 0 Å². The number of halogens is 1. The summed E-state index contributed by atoms with van der Waals surface area (Å²) in [4.78, 5) is 10.4. The smallest absolute Gasteiger partial charge is 0.165 e. The molecule has 4 N–H and O–H groups in total. The third-order valence-corrected chi connectivity index (χ3v) is 2.15. The fourth-order valence-electron chi connectivity index (χ4n) is 1.07. The highest BCUT2D eigenvalue weighted by molar-refractivity contribution is 5.85. The minimum Gasteiger partial charge on any atom is -0.389 e. The first-order valence-corrected chi connectivity index (χ1v) is 4.23. The van der Waals surface area contributed by atoms with Crippen molar-refractivity contribution < 1.29 is 15.0 Å². The van der Waals surface area contributed by atoms with E-state index < -0.39 is 11.8 Å². The number of rotatable bonds is 3. The van der Waals surface area contributed by atoms with Gasteiger partial charge in [-0.25, -0.2) is 0 Å². The fourth-order valence-corrected chi connectivity index (χ4v) is 1.07. The van der Waals surface area contributed by atoms with E-state index in [4.69, 9.17) is 5.73 Å². The van der Waals surface area contributed by atoms with Gasteiger partial charge in [-0.2, -0.15) is 0 Å². The minimum absolute atomic E-state index is 0. The number of carbonyl (C=O) groups excluding carboxylic acids is 1. The number of aldehydes is 1. The molecule has 0 aromatic heterocycles. The molecule has 0 unspecified atom stereocenters. The number of aliphatic hydroxyl groups is 2. The van der Waals surface area contributed by atoms with Gasteiger partial charge in [0.15, 0.2) is 5.72 Å². The predicted octanol–water partition coefficient (Wildman–Crippen LogP) is 0.405. The maximum absolute atomic E-state index is 10.4. The molecule has 1 rings (SSSR count). The van der Waals surface area contributed by atoms with Crippen molar-refractivity contribution in [2.45, 2.75) is 18.8 Å². The zero-order chi connectivity index (χ0) is 10.8. The molecule has 1 aromatic carbocycles. The summed E-state index contributed by atoms with van der Waals surface area (Å²) < 4.78 is 0. The van der Waals surface area contributed by atoms with Gasteiger partial charge in [0, 0.05) is 11.1 Å². The van der Waals surface area contributed by atoms with Crippen molar-refractivity contribution in [1.82, 2.24) is 0 Å². The van der Waals surface area contributed by atoms with Gasteiger partial charge in [0.25, 0.3) is 0 Å². The molecule has 0 aliphatic rings. The number of nitrogens with two attached hydrogens (primary N) is 1. The Kier molecular flexibility index (Phi) is 4.90. The topological polar surface area (TPSA) is 83.6 Å².